The standard InChI is InChI=1S/C16H21N3OS/c1-10(11-8-18-9-11)15(20)19-16-13(7-17)12-5-3-2-4-6-14(12)21-16/h10-11,18H,2-6,8-9H2,1H3,(H,19,20). The molecule has 5 heteroatoms. The summed E-state index contributed by atoms with van der Waals surface area (Å²) in [4.78, 5) is 13.7. The number of hydrogen-bond donors (Lipinski definition) is 2. The molecule has 1 saturated heterocycles. The Labute approximate surface area is 129 Å². The smallest absolute Gasteiger partial charge is 0.228 e. The highest BCUT2D eigenvalue weighted by Gasteiger charge is 2.30. The van der Waals surface area contributed by atoms with Crippen molar-refractivity contribution in [3.05, 3.63) is 16.0 Å². The molecule has 1 aromatic heterocycles. The molecular weight excluding hydrogens is 282 g/mol. The molecule has 0 aromatic carbocycles. The molecule has 3 rings (SSSR count). The molecule has 1 fully saturated rings. The minimum absolute atomic E-state index is 0.000279. The Kier molecular flexibility index (Phi) is 4.27. The average molecular weight is 303 g/mol. The monoisotopic (exact) mass is 303 g/mol. The zero-order valence-electron chi connectivity index (χ0n) is 12.4. The van der Waals surface area contributed by atoms with Gasteiger partial charge < -0.3 is 10.6 Å². The van der Waals surface area contributed by atoms with Gasteiger partial charge in [-0.3, -0.25) is 4.79 Å². The fraction of sp³-hybridized carbons (Fsp3) is 0.625. The molecule has 0 radical (unpaired) electrons. The van der Waals surface area contributed by atoms with Gasteiger partial charge in [0.15, 0.2) is 0 Å². The first-order valence-electron chi connectivity index (χ1n) is 7.77. The number of anilines is 1. The van der Waals surface area contributed by atoms with Crippen LogP contribution in [0.1, 0.15) is 42.2 Å². The van der Waals surface area contributed by atoms with E-state index in [-0.39, 0.29) is 11.8 Å². The Morgan fingerprint density at radius 3 is 2.81 bits per heavy atom. The predicted octanol–water partition coefficient (Wildman–Crippen LogP) is 2.68. The molecule has 0 spiro atoms. The van der Waals surface area contributed by atoms with E-state index in [0.29, 0.717) is 11.5 Å². The minimum Gasteiger partial charge on any atom is -0.316 e. The summed E-state index contributed by atoms with van der Waals surface area (Å²) in [7, 11) is 0. The van der Waals surface area contributed by atoms with Crippen LogP contribution in [0.2, 0.25) is 0 Å². The zero-order valence-corrected chi connectivity index (χ0v) is 13.2. The summed E-state index contributed by atoms with van der Waals surface area (Å²) in [6.45, 7) is 3.81. The summed E-state index contributed by atoms with van der Waals surface area (Å²) < 4.78 is 0. The van der Waals surface area contributed by atoms with E-state index >= 15 is 0 Å². The number of hydrogen-bond acceptors (Lipinski definition) is 4. The van der Waals surface area contributed by atoms with Crippen LogP contribution in [0.5, 0.6) is 0 Å². The molecule has 4 nitrogen and oxygen atoms in total. The molecule has 1 aromatic rings. The molecule has 0 bridgehead atoms. The van der Waals surface area contributed by atoms with Gasteiger partial charge in [0.25, 0.3) is 0 Å². The number of nitrogens with zero attached hydrogens (tertiary/aromatic N) is 1. The molecular formula is C16H21N3OS. The number of carbonyl (C=O) groups is 1. The fourth-order valence-corrected chi connectivity index (χ4v) is 4.30. The SMILES string of the molecule is CC(C(=O)Nc1sc2c(c1C#N)CCCCC2)C1CNC1. The number of nitrogens with one attached hydrogen (secondary N) is 2. The quantitative estimate of drug-likeness (QED) is 0.844. The molecule has 112 valence electrons. The molecule has 2 aliphatic rings. The van der Waals surface area contributed by atoms with E-state index in [1.165, 1.54) is 23.3 Å². The van der Waals surface area contributed by atoms with Gasteiger partial charge in [0.2, 0.25) is 5.91 Å². The Morgan fingerprint density at radius 2 is 2.14 bits per heavy atom. The van der Waals surface area contributed by atoms with Gasteiger partial charge in [0.05, 0.1) is 5.56 Å². The van der Waals surface area contributed by atoms with Gasteiger partial charge in [-0.05, 0) is 50.3 Å². The second-order valence-corrected chi connectivity index (χ2v) is 7.18. The maximum atomic E-state index is 12.4. The van der Waals surface area contributed by atoms with Gasteiger partial charge in [-0.15, -0.1) is 11.3 Å². The van der Waals surface area contributed by atoms with Crippen LogP contribution >= 0.6 is 11.3 Å². The van der Waals surface area contributed by atoms with E-state index in [4.69, 9.17) is 0 Å². The van der Waals surface area contributed by atoms with Crippen molar-refractivity contribution in [3.8, 4) is 6.07 Å². The van der Waals surface area contributed by atoms with Crippen LogP contribution in [0.3, 0.4) is 0 Å². The van der Waals surface area contributed by atoms with Crippen molar-refractivity contribution in [1.29, 1.82) is 5.26 Å². The fourth-order valence-electron chi connectivity index (χ4n) is 3.05. The van der Waals surface area contributed by atoms with Crippen molar-refractivity contribution in [1.82, 2.24) is 5.32 Å². The van der Waals surface area contributed by atoms with Crippen LogP contribution < -0.4 is 10.6 Å². The van der Waals surface area contributed by atoms with E-state index in [1.807, 2.05) is 6.92 Å². The maximum absolute atomic E-state index is 12.4. The number of carbonyl (C=O) groups excluding carboxylic acids is 1. The lowest BCUT2D eigenvalue weighted by Gasteiger charge is -2.31. The first-order chi connectivity index (χ1) is 10.2. The minimum atomic E-state index is -0.000279. The summed E-state index contributed by atoms with van der Waals surface area (Å²) in [5.74, 6) is 0.474. The largest absolute Gasteiger partial charge is 0.316 e. The van der Waals surface area contributed by atoms with E-state index in [1.54, 1.807) is 11.3 Å². The van der Waals surface area contributed by atoms with Crippen LogP contribution in [-0.4, -0.2) is 19.0 Å². The number of aryl methyl sites for hydroxylation is 1. The lowest BCUT2D eigenvalue weighted by molar-refractivity contribution is -0.121. The summed E-state index contributed by atoms with van der Waals surface area (Å²) in [5.41, 5.74) is 1.90. The molecule has 1 atom stereocenters. The summed E-state index contributed by atoms with van der Waals surface area (Å²) in [6, 6.07) is 2.32. The number of rotatable bonds is 3. The normalized spacial score (nSPS) is 19.8. The van der Waals surface area contributed by atoms with E-state index in [9.17, 15) is 10.1 Å². The molecule has 1 aliphatic heterocycles. The van der Waals surface area contributed by atoms with E-state index in [0.717, 1.165) is 37.4 Å². The van der Waals surface area contributed by atoms with Gasteiger partial charge in [0.1, 0.15) is 11.1 Å². The third-order valence-electron chi connectivity index (χ3n) is 4.70. The molecule has 2 heterocycles. The third kappa shape index (κ3) is 2.83. The maximum Gasteiger partial charge on any atom is 0.228 e. The number of thiophene rings is 1. The van der Waals surface area contributed by atoms with Crippen molar-refractivity contribution >= 4 is 22.2 Å². The Hall–Kier alpha value is -1.38. The van der Waals surface area contributed by atoms with Crippen LogP contribution in [0.4, 0.5) is 5.00 Å². The van der Waals surface area contributed by atoms with Crippen LogP contribution in [0.15, 0.2) is 0 Å². The second-order valence-electron chi connectivity index (χ2n) is 6.08. The first-order valence-corrected chi connectivity index (χ1v) is 8.58. The Morgan fingerprint density at radius 1 is 1.38 bits per heavy atom. The molecule has 21 heavy (non-hydrogen) atoms. The van der Waals surface area contributed by atoms with Gasteiger partial charge in [0, 0.05) is 10.8 Å². The van der Waals surface area contributed by atoms with E-state index < -0.39 is 0 Å². The molecule has 1 aliphatic carbocycles. The van der Waals surface area contributed by atoms with Gasteiger partial charge in [-0.25, -0.2) is 0 Å². The number of fused-ring (bicyclic) bond motifs is 1. The first kappa shape index (κ1) is 14.6. The zero-order chi connectivity index (χ0) is 14.8. The molecule has 1 unspecified atom stereocenters. The van der Waals surface area contributed by atoms with Crippen LogP contribution in [-0.2, 0) is 17.6 Å². The molecule has 2 N–H and O–H groups in total. The van der Waals surface area contributed by atoms with Crippen molar-refractivity contribution in [2.24, 2.45) is 11.8 Å². The van der Waals surface area contributed by atoms with Crippen molar-refractivity contribution in [2.75, 3.05) is 18.4 Å². The van der Waals surface area contributed by atoms with Gasteiger partial charge in [-0.2, -0.15) is 5.26 Å². The highest BCUT2D eigenvalue weighted by atomic mass is 32.1. The van der Waals surface area contributed by atoms with Gasteiger partial charge in [-0.1, -0.05) is 13.3 Å². The van der Waals surface area contributed by atoms with Crippen molar-refractivity contribution in [3.63, 3.8) is 0 Å². The molecule has 0 saturated carbocycles. The third-order valence-corrected chi connectivity index (χ3v) is 5.91. The van der Waals surface area contributed by atoms with Crippen molar-refractivity contribution < 1.29 is 4.79 Å². The molecule has 1 amide bonds. The Balaban J connectivity index is 1.79. The van der Waals surface area contributed by atoms with Crippen LogP contribution in [0.25, 0.3) is 0 Å². The summed E-state index contributed by atoms with van der Waals surface area (Å²) in [5, 5.41) is 16.5. The lowest BCUT2D eigenvalue weighted by Crippen LogP contribution is -2.48. The summed E-state index contributed by atoms with van der Waals surface area (Å²) in [6.07, 6.45) is 5.60. The number of amides is 1. The number of nitriles is 1. The van der Waals surface area contributed by atoms with Crippen LogP contribution in [0, 0.1) is 23.2 Å². The highest BCUT2D eigenvalue weighted by Crippen LogP contribution is 2.37. The van der Waals surface area contributed by atoms with E-state index in [2.05, 4.69) is 16.7 Å². The average Bonchev–Trinajstić information content (AvgIpc) is 2.57. The highest BCUT2D eigenvalue weighted by molar-refractivity contribution is 7.16. The van der Waals surface area contributed by atoms with Crippen molar-refractivity contribution in [2.45, 2.75) is 39.0 Å². The summed E-state index contributed by atoms with van der Waals surface area (Å²) >= 11 is 1.61. The van der Waals surface area contributed by atoms with Gasteiger partial charge >= 0.3 is 0 Å². The second kappa shape index (κ2) is 6.17. The Bertz CT molecular complexity index is 583. The lowest BCUT2D eigenvalue weighted by atomic mass is 9.88. The predicted molar refractivity (Wildman–Crippen MR) is 84.4 cm³/mol. The topological polar surface area (TPSA) is 64.9 Å².